The topological polar surface area (TPSA) is 125 Å². The van der Waals surface area contributed by atoms with Crippen LogP contribution in [0.2, 0.25) is 0 Å². The van der Waals surface area contributed by atoms with Gasteiger partial charge in [0.2, 0.25) is 0 Å². The van der Waals surface area contributed by atoms with E-state index < -0.39 is 21.9 Å². The minimum absolute atomic E-state index is 0.0571. The van der Waals surface area contributed by atoms with Gasteiger partial charge in [0.05, 0.1) is 22.4 Å². The number of nitrogens with zero attached hydrogens (tertiary/aromatic N) is 1. The van der Waals surface area contributed by atoms with Crippen LogP contribution in [0.3, 0.4) is 0 Å². The summed E-state index contributed by atoms with van der Waals surface area (Å²) < 4.78 is 28.1. The molecule has 3 aromatic carbocycles. The third-order valence-electron chi connectivity index (χ3n) is 4.57. The molecule has 0 spiro atoms. The molecule has 0 aliphatic rings. The molecule has 3 N–H and O–H groups in total. The van der Waals surface area contributed by atoms with Gasteiger partial charge in [0, 0.05) is 5.56 Å². The molecule has 0 heterocycles. The van der Waals surface area contributed by atoms with Gasteiger partial charge < -0.3 is 5.11 Å². The molecule has 0 fully saturated rings. The number of carboxylic acids is 1. The van der Waals surface area contributed by atoms with Crippen LogP contribution in [0.4, 0.5) is 5.69 Å². The molecule has 0 bridgehead atoms. The Hall–Kier alpha value is -3.98. The number of aryl methyl sites for hydroxylation is 2. The smallest absolute Gasteiger partial charge is 0.335 e. The van der Waals surface area contributed by atoms with Gasteiger partial charge in [-0.3, -0.25) is 9.52 Å². The lowest BCUT2D eigenvalue weighted by atomic mass is 10.1. The predicted molar refractivity (Wildman–Crippen MR) is 122 cm³/mol. The number of carbonyl (C=O) groups is 2. The van der Waals surface area contributed by atoms with Crippen LogP contribution >= 0.6 is 0 Å². The van der Waals surface area contributed by atoms with Gasteiger partial charge in [-0.05, 0) is 61.4 Å². The molecule has 0 saturated heterocycles. The molecule has 0 saturated carbocycles. The van der Waals surface area contributed by atoms with Crippen molar-refractivity contribution < 1.29 is 23.1 Å². The number of hydrogen-bond acceptors (Lipinski definition) is 5. The van der Waals surface area contributed by atoms with Gasteiger partial charge in [-0.2, -0.15) is 5.10 Å². The number of carbonyl (C=O) groups excluding carboxylic acids is 1. The standard InChI is InChI=1S/C23H21N3O5S/c1-15-6-11-21(16(2)12-15)26-32(30,31)20-5-3-4-19(13-20)22(27)25-24-14-17-7-9-18(10-8-17)23(28)29/h3-14,26H,1-2H3,(H,25,27)(H,28,29). The van der Waals surface area contributed by atoms with Crippen LogP contribution < -0.4 is 10.1 Å². The second-order valence-corrected chi connectivity index (χ2v) is 8.76. The highest BCUT2D eigenvalue weighted by Crippen LogP contribution is 2.21. The molecule has 0 radical (unpaired) electrons. The summed E-state index contributed by atoms with van der Waals surface area (Å²) in [6.45, 7) is 3.73. The molecule has 8 nitrogen and oxygen atoms in total. The van der Waals surface area contributed by atoms with Crippen LogP contribution in [0.5, 0.6) is 0 Å². The quantitative estimate of drug-likeness (QED) is 0.374. The number of nitrogens with one attached hydrogen (secondary N) is 2. The molecule has 9 heteroatoms. The van der Waals surface area contributed by atoms with Gasteiger partial charge in [0.25, 0.3) is 15.9 Å². The van der Waals surface area contributed by atoms with Crippen LogP contribution in [0.25, 0.3) is 0 Å². The Morgan fingerprint density at radius 1 is 0.938 bits per heavy atom. The summed E-state index contributed by atoms with van der Waals surface area (Å²) >= 11 is 0. The lowest BCUT2D eigenvalue weighted by molar-refractivity contribution is 0.0696. The van der Waals surface area contributed by atoms with E-state index >= 15 is 0 Å². The summed E-state index contributed by atoms with van der Waals surface area (Å²) in [6, 6.07) is 16.9. The van der Waals surface area contributed by atoms with Crippen molar-refractivity contribution in [3.63, 3.8) is 0 Å². The summed E-state index contributed by atoms with van der Waals surface area (Å²) in [4.78, 5) is 23.2. The third-order valence-corrected chi connectivity index (χ3v) is 5.93. The second kappa shape index (κ2) is 9.44. The maximum Gasteiger partial charge on any atom is 0.335 e. The van der Waals surface area contributed by atoms with Crippen LogP contribution in [0.15, 0.2) is 76.7 Å². The van der Waals surface area contributed by atoms with Crippen molar-refractivity contribution in [1.82, 2.24) is 5.43 Å². The third kappa shape index (κ3) is 5.58. The number of benzene rings is 3. The molecule has 164 valence electrons. The monoisotopic (exact) mass is 451 g/mol. The van der Waals surface area contributed by atoms with E-state index in [0.29, 0.717) is 11.3 Å². The molecule has 0 aromatic heterocycles. The summed E-state index contributed by atoms with van der Waals surface area (Å²) in [7, 11) is -3.90. The predicted octanol–water partition coefficient (Wildman–Crippen LogP) is 3.57. The number of carboxylic acid groups (broad SMARTS) is 1. The Morgan fingerprint density at radius 2 is 1.66 bits per heavy atom. The van der Waals surface area contributed by atoms with E-state index in [0.717, 1.165) is 11.1 Å². The van der Waals surface area contributed by atoms with Crippen molar-refractivity contribution in [2.24, 2.45) is 5.10 Å². The van der Waals surface area contributed by atoms with Crippen LogP contribution in [0.1, 0.15) is 37.4 Å². The maximum atomic E-state index is 12.8. The van der Waals surface area contributed by atoms with Crippen LogP contribution in [0, 0.1) is 13.8 Å². The molecule has 3 rings (SSSR count). The van der Waals surface area contributed by atoms with E-state index in [2.05, 4.69) is 15.2 Å². The zero-order valence-corrected chi connectivity index (χ0v) is 18.2. The lowest BCUT2D eigenvalue weighted by Gasteiger charge is -2.12. The molecule has 32 heavy (non-hydrogen) atoms. The molecular formula is C23H21N3O5S. The van der Waals surface area contributed by atoms with E-state index in [1.807, 2.05) is 26.0 Å². The summed E-state index contributed by atoms with van der Waals surface area (Å²) in [5, 5.41) is 12.7. The summed E-state index contributed by atoms with van der Waals surface area (Å²) in [6.07, 6.45) is 1.35. The van der Waals surface area contributed by atoms with Gasteiger partial charge in [-0.15, -0.1) is 0 Å². The normalized spacial score (nSPS) is 11.3. The average Bonchev–Trinajstić information content (AvgIpc) is 2.76. The van der Waals surface area contributed by atoms with Gasteiger partial charge >= 0.3 is 5.97 Å². The Kier molecular flexibility index (Phi) is 6.70. The number of sulfonamides is 1. The van der Waals surface area contributed by atoms with Gasteiger partial charge in [0.15, 0.2) is 0 Å². The van der Waals surface area contributed by atoms with E-state index in [1.165, 1.54) is 42.6 Å². The Morgan fingerprint density at radius 3 is 2.31 bits per heavy atom. The number of anilines is 1. The molecule has 1 amide bonds. The average molecular weight is 452 g/mol. The first-order chi connectivity index (χ1) is 15.2. The minimum Gasteiger partial charge on any atom is -0.478 e. The SMILES string of the molecule is Cc1ccc(NS(=O)(=O)c2cccc(C(=O)NN=Cc3ccc(C(=O)O)cc3)c2)c(C)c1. The number of amides is 1. The number of rotatable bonds is 7. The number of hydrazone groups is 1. The molecule has 0 aliphatic heterocycles. The first-order valence-corrected chi connectivity index (χ1v) is 11.0. The van der Waals surface area contributed by atoms with Crippen molar-refractivity contribution >= 4 is 33.8 Å². The Bertz CT molecular complexity index is 1300. The lowest BCUT2D eigenvalue weighted by Crippen LogP contribution is -2.19. The highest BCUT2D eigenvalue weighted by Gasteiger charge is 2.17. The Labute approximate surface area is 185 Å². The molecule has 0 unspecified atom stereocenters. The first kappa shape index (κ1) is 22.7. The molecule has 3 aromatic rings. The van der Waals surface area contributed by atoms with E-state index in [-0.39, 0.29) is 16.0 Å². The van der Waals surface area contributed by atoms with E-state index in [1.54, 1.807) is 18.2 Å². The van der Waals surface area contributed by atoms with Crippen molar-refractivity contribution in [2.75, 3.05) is 4.72 Å². The maximum absolute atomic E-state index is 12.8. The van der Waals surface area contributed by atoms with E-state index in [9.17, 15) is 18.0 Å². The second-order valence-electron chi connectivity index (χ2n) is 7.08. The van der Waals surface area contributed by atoms with Crippen molar-refractivity contribution in [1.29, 1.82) is 0 Å². The van der Waals surface area contributed by atoms with E-state index in [4.69, 9.17) is 5.11 Å². The summed E-state index contributed by atoms with van der Waals surface area (Å²) in [5.74, 6) is -1.63. The fraction of sp³-hybridized carbons (Fsp3) is 0.0870. The van der Waals surface area contributed by atoms with Crippen LogP contribution in [-0.2, 0) is 10.0 Å². The number of hydrogen-bond donors (Lipinski definition) is 3. The largest absolute Gasteiger partial charge is 0.478 e. The van der Waals surface area contributed by atoms with Gasteiger partial charge in [-0.25, -0.2) is 18.6 Å². The molecule has 0 atom stereocenters. The molecular weight excluding hydrogens is 430 g/mol. The fourth-order valence-corrected chi connectivity index (χ4v) is 4.05. The van der Waals surface area contributed by atoms with Crippen LogP contribution in [-0.4, -0.2) is 31.6 Å². The Balaban J connectivity index is 1.71. The first-order valence-electron chi connectivity index (χ1n) is 9.52. The van der Waals surface area contributed by atoms with Gasteiger partial charge in [0.1, 0.15) is 0 Å². The van der Waals surface area contributed by atoms with Crippen molar-refractivity contribution in [3.05, 3.63) is 94.5 Å². The number of aromatic carboxylic acids is 1. The fourth-order valence-electron chi connectivity index (χ4n) is 2.88. The van der Waals surface area contributed by atoms with Crippen molar-refractivity contribution in [3.8, 4) is 0 Å². The highest BCUT2D eigenvalue weighted by molar-refractivity contribution is 7.92. The minimum atomic E-state index is -3.90. The highest BCUT2D eigenvalue weighted by atomic mass is 32.2. The van der Waals surface area contributed by atoms with Gasteiger partial charge in [-0.1, -0.05) is 35.9 Å². The summed E-state index contributed by atoms with van der Waals surface area (Å²) in [5.41, 5.74) is 5.43. The zero-order chi connectivity index (χ0) is 23.3. The van der Waals surface area contributed by atoms with Crippen molar-refractivity contribution in [2.45, 2.75) is 18.7 Å². The zero-order valence-electron chi connectivity index (χ0n) is 17.4. The molecule has 0 aliphatic carbocycles.